The second-order valence-electron chi connectivity index (χ2n) is 2.42. The van der Waals surface area contributed by atoms with Crippen LogP contribution in [0, 0.1) is 0 Å². The van der Waals surface area contributed by atoms with Gasteiger partial charge in [-0.2, -0.15) is 0 Å². The molecule has 10 heavy (non-hydrogen) atoms. The first-order chi connectivity index (χ1) is 4.89. The lowest BCUT2D eigenvalue weighted by atomic mass is 10.2. The van der Waals surface area contributed by atoms with Crippen LogP contribution in [0.5, 0.6) is 0 Å². The van der Waals surface area contributed by atoms with E-state index in [0.717, 1.165) is 6.42 Å². The topological polar surface area (TPSA) is 0 Å². The third-order valence-electron chi connectivity index (χ3n) is 1.40. The predicted molar refractivity (Wildman–Crippen MR) is 45.8 cm³/mol. The summed E-state index contributed by atoms with van der Waals surface area (Å²) in [5, 5.41) is 0. The van der Waals surface area contributed by atoms with Crippen molar-refractivity contribution in [3.05, 3.63) is 48.1 Å². The van der Waals surface area contributed by atoms with Crippen molar-refractivity contribution in [1.82, 2.24) is 0 Å². The van der Waals surface area contributed by atoms with E-state index in [-0.39, 0.29) is 0 Å². The molecular weight excluding hydrogens is 120 g/mol. The number of hydrogen-bond donors (Lipinski definition) is 0. The molecule has 0 bridgehead atoms. The van der Waals surface area contributed by atoms with E-state index in [0.29, 0.717) is 0 Å². The van der Waals surface area contributed by atoms with Crippen molar-refractivity contribution in [1.29, 1.82) is 0 Å². The Morgan fingerprint density at radius 2 is 1.70 bits per heavy atom. The van der Waals surface area contributed by atoms with Gasteiger partial charge in [0.15, 0.2) is 0 Å². The molecule has 0 aromatic carbocycles. The highest BCUT2D eigenvalue weighted by Crippen LogP contribution is 2.02. The van der Waals surface area contributed by atoms with Crippen molar-refractivity contribution >= 4 is 0 Å². The van der Waals surface area contributed by atoms with Gasteiger partial charge in [0.05, 0.1) is 0 Å². The minimum atomic E-state index is 1.06. The summed E-state index contributed by atoms with van der Waals surface area (Å²) in [6, 6.07) is 0. The molecule has 0 amide bonds. The zero-order chi connectivity index (χ0) is 7.23. The summed E-state index contributed by atoms with van der Waals surface area (Å²) in [6.45, 7) is 2.14. The average molecular weight is 132 g/mol. The van der Waals surface area contributed by atoms with Gasteiger partial charge in [-0.05, 0) is 13.3 Å². The Hall–Kier alpha value is -1.04. The minimum Gasteiger partial charge on any atom is -0.0805 e. The molecule has 0 spiro atoms. The monoisotopic (exact) mass is 132 g/mol. The van der Waals surface area contributed by atoms with E-state index < -0.39 is 0 Å². The van der Waals surface area contributed by atoms with Crippen LogP contribution in [0.2, 0.25) is 0 Å². The van der Waals surface area contributed by atoms with Crippen molar-refractivity contribution in [3.63, 3.8) is 0 Å². The summed E-state index contributed by atoms with van der Waals surface area (Å²) in [4.78, 5) is 0. The molecule has 0 aromatic rings. The fraction of sp³-hybridized carbons (Fsp3) is 0.200. The van der Waals surface area contributed by atoms with E-state index in [9.17, 15) is 0 Å². The molecule has 0 nitrogen and oxygen atoms in total. The summed E-state index contributed by atoms with van der Waals surface area (Å²) in [5.74, 6) is 0. The van der Waals surface area contributed by atoms with Crippen LogP contribution < -0.4 is 0 Å². The van der Waals surface area contributed by atoms with Gasteiger partial charge in [0.2, 0.25) is 0 Å². The zero-order valence-corrected chi connectivity index (χ0v) is 6.25. The standard InChI is InChI=1S/C10H12/c1-10-8-6-4-2-3-5-7-9-10/h2-8H,9H2,1H3. The molecule has 0 fully saturated rings. The van der Waals surface area contributed by atoms with E-state index in [4.69, 9.17) is 0 Å². The Morgan fingerprint density at radius 3 is 2.60 bits per heavy atom. The van der Waals surface area contributed by atoms with Crippen LogP contribution >= 0.6 is 0 Å². The van der Waals surface area contributed by atoms with Gasteiger partial charge in [0.25, 0.3) is 0 Å². The second-order valence-corrected chi connectivity index (χ2v) is 2.42. The van der Waals surface area contributed by atoms with Crippen molar-refractivity contribution in [2.75, 3.05) is 0 Å². The fourth-order valence-electron chi connectivity index (χ4n) is 0.813. The Kier molecular flexibility index (Phi) is 2.75. The maximum Gasteiger partial charge on any atom is -0.0135 e. The SMILES string of the molecule is CC1=CC=CC=CC=CC1. The number of allylic oxidation sites excluding steroid dienone is 8. The number of rotatable bonds is 0. The quantitative estimate of drug-likeness (QED) is 0.475. The van der Waals surface area contributed by atoms with Gasteiger partial charge >= 0.3 is 0 Å². The minimum absolute atomic E-state index is 1.06. The summed E-state index contributed by atoms with van der Waals surface area (Å²) < 4.78 is 0. The summed E-state index contributed by atoms with van der Waals surface area (Å²) in [7, 11) is 0. The zero-order valence-electron chi connectivity index (χ0n) is 6.25. The lowest BCUT2D eigenvalue weighted by Gasteiger charge is -1.89. The molecule has 1 aliphatic rings. The molecule has 1 rings (SSSR count). The molecule has 0 unspecified atom stereocenters. The second kappa shape index (κ2) is 3.89. The van der Waals surface area contributed by atoms with Crippen LogP contribution in [-0.4, -0.2) is 0 Å². The lowest BCUT2D eigenvalue weighted by Crippen LogP contribution is -1.68. The molecule has 0 aromatic heterocycles. The first-order valence-electron chi connectivity index (χ1n) is 3.55. The van der Waals surface area contributed by atoms with Crippen LogP contribution in [0.1, 0.15) is 13.3 Å². The third kappa shape index (κ3) is 2.49. The average Bonchev–Trinajstić information content (AvgIpc) is 2.02. The molecule has 0 saturated heterocycles. The van der Waals surface area contributed by atoms with Crippen molar-refractivity contribution < 1.29 is 0 Å². The molecule has 52 valence electrons. The van der Waals surface area contributed by atoms with E-state index >= 15 is 0 Å². The molecule has 0 heterocycles. The van der Waals surface area contributed by atoms with Crippen molar-refractivity contribution in [2.24, 2.45) is 0 Å². The number of hydrogen-bond acceptors (Lipinski definition) is 0. The van der Waals surface area contributed by atoms with Crippen LogP contribution in [-0.2, 0) is 0 Å². The van der Waals surface area contributed by atoms with Crippen LogP contribution in [0.25, 0.3) is 0 Å². The smallest absolute Gasteiger partial charge is 0.0135 e. The molecule has 0 saturated carbocycles. The van der Waals surface area contributed by atoms with Crippen LogP contribution in [0.4, 0.5) is 0 Å². The Labute approximate surface area is 62.3 Å². The van der Waals surface area contributed by atoms with Gasteiger partial charge in [0.1, 0.15) is 0 Å². The van der Waals surface area contributed by atoms with E-state index in [1.165, 1.54) is 5.57 Å². The first kappa shape index (κ1) is 7.07. The first-order valence-corrected chi connectivity index (χ1v) is 3.55. The summed E-state index contributed by atoms with van der Waals surface area (Å²) >= 11 is 0. The third-order valence-corrected chi connectivity index (χ3v) is 1.40. The van der Waals surface area contributed by atoms with E-state index in [2.05, 4.69) is 31.2 Å². The Bertz CT molecular complexity index is 202. The van der Waals surface area contributed by atoms with Gasteiger partial charge in [0, 0.05) is 0 Å². The molecule has 1 aliphatic carbocycles. The molecule has 0 radical (unpaired) electrons. The van der Waals surface area contributed by atoms with Gasteiger partial charge in [-0.1, -0.05) is 48.1 Å². The lowest BCUT2D eigenvalue weighted by molar-refractivity contribution is 1.21. The highest BCUT2D eigenvalue weighted by molar-refractivity contribution is 5.22. The van der Waals surface area contributed by atoms with E-state index in [1.54, 1.807) is 0 Å². The molecule has 0 N–H and O–H groups in total. The maximum atomic E-state index is 2.16. The van der Waals surface area contributed by atoms with Gasteiger partial charge in [-0.15, -0.1) is 0 Å². The Morgan fingerprint density at radius 1 is 1.00 bits per heavy atom. The highest BCUT2D eigenvalue weighted by atomic mass is 13.9. The summed E-state index contributed by atoms with van der Waals surface area (Å²) in [5.41, 5.74) is 1.40. The molecule has 0 heteroatoms. The molecule has 0 atom stereocenters. The van der Waals surface area contributed by atoms with Gasteiger partial charge in [-0.25, -0.2) is 0 Å². The predicted octanol–water partition coefficient (Wildman–Crippen LogP) is 3.01. The highest BCUT2D eigenvalue weighted by Gasteiger charge is 1.81. The largest absolute Gasteiger partial charge is 0.0805 e. The van der Waals surface area contributed by atoms with Crippen LogP contribution in [0.15, 0.2) is 48.1 Å². The van der Waals surface area contributed by atoms with Gasteiger partial charge < -0.3 is 0 Å². The molecular formula is C10H12. The summed E-state index contributed by atoms with van der Waals surface area (Å²) in [6.07, 6.45) is 15.6. The maximum absolute atomic E-state index is 2.16. The normalized spacial score (nSPS) is 17.5. The van der Waals surface area contributed by atoms with Crippen molar-refractivity contribution in [2.45, 2.75) is 13.3 Å². The molecule has 0 aliphatic heterocycles. The van der Waals surface area contributed by atoms with Crippen LogP contribution in [0.3, 0.4) is 0 Å². The van der Waals surface area contributed by atoms with E-state index in [1.807, 2.05) is 18.2 Å². The van der Waals surface area contributed by atoms with Crippen molar-refractivity contribution in [3.8, 4) is 0 Å². The Balaban J connectivity index is 2.70. The fourth-order valence-corrected chi connectivity index (χ4v) is 0.813. The van der Waals surface area contributed by atoms with Gasteiger partial charge in [-0.3, -0.25) is 0 Å².